The van der Waals surface area contributed by atoms with Crippen LogP contribution >= 0.6 is 0 Å². The fraction of sp³-hybridized carbons (Fsp3) is 1.00. The van der Waals surface area contributed by atoms with Crippen molar-refractivity contribution in [3.8, 4) is 0 Å². The highest BCUT2D eigenvalue weighted by Gasteiger charge is 1.97. The molecular weight excluding hydrogens is 174 g/mol. The molecule has 0 bridgehead atoms. The van der Waals surface area contributed by atoms with Crippen molar-refractivity contribution in [3.05, 3.63) is 0 Å². The van der Waals surface area contributed by atoms with Gasteiger partial charge >= 0.3 is 0 Å². The Balaban J connectivity index is 2.92. The maximum atomic E-state index is 5.80. The molecule has 0 radical (unpaired) electrons. The van der Waals surface area contributed by atoms with Crippen LogP contribution in [-0.4, -0.2) is 19.3 Å². The molecule has 0 saturated heterocycles. The number of ether oxygens (including phenoxy) is 1. The number of hydrogen-bond acceptors (Lipinski definition) is 2. The van der Waals surface area contributed by atoms with Gasteiger partial charge in [-0.25, -0.2) is 0 Å². The smallest absolute Gasteiger partial charge is 0.0466 e. The van der Waals surface area contributed by atoms with Crippen LogP contribution in [0.5, 0.6) is 0 Å². The van der Waals surface area contributed by atoms with Crippen molar-refractivity contribution in [3.63, 3.8) is 0 Å². The lowest BCUT2D eigenvalue weighted by molar-refractivity contribution is 0.125. The molecule has 0 saturated carbocycles. The minimum Gasteiger partial charge on any atom is -0.381 e. The lowest BCUT2D eigenvalue weighted by Gasteiger charge is -2.08. The summed E-state index contributed by atoms with van der Waals surface area (Å²) >= 11 is 0. The third kappa shape index (κ3) is 10.0. The van der Waals surface area contributed by atoms with E-state index in [-0.39, 0.29) is 0 Å². The van der Waals surface area contributed by atoms with Gasteiger partial charge in [0.2, 0.25) is 0 Å². The van der Waals surface area contributed by atoms with Crippen LogP contribution in [0, 0.1) is 0 Å². The average Bonchev–Trinajstić information content (AvgIpc) is 2.21. The molecule has 0 spiro atoms. The number of nitrogens with two attached hydrogens (primary N) is 1. The molecule has 2 nitrogen and oxygen atoms in total. The number of hydrogen-bond donors (Lipinski definition) is 1. The first-order valence-corrected chi connectivity index (χ1v) is 6.14. The van der Waals surface area contributed by atoms with Crippen LogP contribution in [0.3, 0.4) is 0 Å². The summed E-state index contributed by atoms with van der Waals surface area (Å²) < 4.78 is 5.52. The van der Waals surface area contributed by atoms with Gasteiger partial charge in [0.05, 0.1) is 0 Å². The van der Waals surface area contributed by atoms with E-state index in [1.165, 1.54) is 25.7 Å². The maximum Gasteiger partial charge on any atom is 0.0466 e. The molecule has 14 heavy (non-hydrogen) atoms. The van der Waals surface area contributed by atoms with E-state index in [1.54, 1.807) is 0 Å². The van der Waals surface area contributed by atoms with Crippen LogP contribution in [0.25, 0.3) is 0 Å². The van der Waals surface area contributed by atoms with Gasteiger partial charge in [0.1, 0.15) is 0 Å². The molecule has 0 amide bonds. The molecular formula is C12H27NO. The van der Waals surface area contributed by atoms with Gasteiger partial charge in [0.25, 0.3) is 0 Å². The van der Waals surface area contributed by atoms with Crippen molar-refractivity contribution >= 4 is 0 Å². The minimum absolute atomic E-state index is 0.374. The predicted molar refractivity (Wildman–Crippen MR) is 62.5 cm³/mol. The summed E-state index contributed by atoms with van der Waals surface area (Å²) in [6.07, 6.45) is 8.46. The molecule has 0 aliphatic heterocycles. The first kappa shape index (κ1) is 13.9. The third-order valence-corrected chi connectivity index (χ3v) is 2.53. The second-order valence-corrected chi connectivity index (χ2v) is 3.98. The van der Waals surface area contributed by atoms with E-state index >= 15 is 0 Å². The highest BCUT2D eigenvalue weighted by Crippen LogP contribution is 2.01. The lowest BCUT2D eigenvalue weighted by Crippen LogP contribution is -2.18. The molecule has 0 aliphatic rings. The molecule has 2 heteroatoms. The van der Waals surface area contributed by atoms with E-state index in [0.717, 1.165) is 32.5 Å². The quantitative estimate of drug-likeness (QED) is 0.551. The monoisotopic (exact) mass is 201 g/mol. The first-order valence-electron chi connectivity index (χ1n) is 6.14. The Morgan fingerprint density at radius 1 is 1.00 bits per heavy atom. The van der Waals surface area contributed by atoms with Gasteiger partial charge in [-0.2, -0.15) is 0 Å². The van der Waals surface area contributed by atoms with Crippen molar-refractivity contribution < 1.29 is 4.74 Å². The van der Waals surface area contributed by atoms with Crippen molar-refractivity contribution in [2.24, 2.45) is 5.73 Å². The Morgan fingerprint density at radius 2 is 1.71 bits per heavy atom. The van der Waals surface area contributed by atoms with Crippen LogP contribution in [-0.2, 0) is 4.74 Å². The summed E-state index contributed by atoms with van der Waals surface area (Å²) in [5.41, 5.74) is 5.80. The SMILES string of the molecule is CCCCCCOCCCC(N)CC. The molecule has 0 aromatic heterocycles. The standard InChI is InChI=1S/C12H27NO/c1-3-5-6-7-10-14-11-8-9-12(13)4-2/h12H,3-11,13H2,1-2H3. The zero-order chi connectivity index (χ0) is 10.6. The normalized spacial score (nSPS) is 13.1. The number of rotatable bonds is 10. The zero-order valence-corrected chi connectivity index (χ0v) is 9.93. The summed E-state index contributed by atoms with van der Waals surface area (Å²) in [6, 6.07) is 0.374. The van der Waals surface area contributed by atoms with Gasteiger partial charge in [-0.3, -0.25) is 0 Å². The maximum absolute atomic E-state index is 5.80. The van der Waals surface area contributed by atoms with Crippen LogP contribution < -0.4 is 5.73 Å². The fourth-order valence-electron chi connectivity index (χ4n) is 1.38. The first-order chi connectivity index (χ1) is 6.81. The van der Waals surface area contributed by atoms with Crippen molar-refractivity contribution in [1.29, 1.82) is 0 Å². The van der Waals surface area contributed by atoms with E-state index in [2.05, 4.69) is 13.8 Å². The average molecular weight is 201 g/mol. The highest BCUT2D eigenvalue weighted by molar-refractivity contribution is 4.57. The van der Waals surface area contributed by atoms with Gasteiger partial charge in [-0.15, -0.1) is 0 Å². The topological polar surface area (TPSA) is 35.2 Å². The molecule has 0 aromatic carbocycles. The van der Waals surface area contributed by atoms with E-state index in [4.69, 9.17) is 10.5 Å². The van der Waals surface area contributed by atoms with Crippen LogP contribution in [0.15, 0.2) is 0 Å². The van der Waals surface area contributed by atoms with Crippen molar-refractivity contribution in [1.82, 2.24) is 0 Å². The van der Waals surface area contributed by atoms with Crippen LogP contribution in [0.2, 0.25) is 0 Å². The van der Waals surface area contributed by atoms with E-state index in [0.29, 0.717) is 6.04 Å². The van der Waals surface area contributed by atoms with E-state index in [9.17, 15) is 0 Å². The highest BCUT2D eigenvalue weighted by atomic mass is 16.5. The predicted octanol–water partition coefficient (Wildman–Crippen LogP) is 3.10. The molecule has 0 fully saturated rings. The second kappa shape index (κ2) is 11.0. The molecule has 0 rings (SSSR count). The lowest BCUT2D eigenvalue weighted by atomic mass is 10.1. The summed E-state index contributed by atoms with van der Waals surface area (Å²) in [5, 5.41) is 0. The van der Waals surface area contributed by atoms with E-state index in [1.807, 2.05) is 0 Å². The minimum atomic E-state index is 0.374. The van der Waals surface area contributed by atoms with Crippen LogP contribution in [0.4, 0.5) is 0 Å². The van der Waals surface area contributed by atoms with Gasteiger partial charge in [-0.1, -0.05) is 33.1 Å². The summed E-state index contributed by atoms with van der Waals surface area (Å²) in [4.78, 5) is 0. The molecule has 2 N–H and O–H groups in total. The fourth-order valence-corrected chi connectivity index (χ4v) is 1.38. The summed E-state index contributed by atoms with van der Waals surface area (Å²) in [5.74, 6) is 0. The molecule has 0 heterocycles. The molecule has 1 unspecified atom stereocenters. The van der Waals surface area contributed by atoms with Gasteiger partial charge in [-0.05, 0) is 25.7 Å². The molecule has 86 valence electrons. The largest absolute Gasteiger partial charge is 0.381 e. The van der Waals surface area contributed by atoms with Crippen molar-refractivity contribution in [2.45, 2.75) is 64.8 Å². The molecule has 0 aliphatic carbocycles. The second-order valence-electron chi connectivity index (χ2n) is 3.98. The van der Waals surface area contributed by atoms with Gasteiger partial charge in [0.15, 0.2) is 0 Å². The van der Waals surface area contributed by atoms with Crippen LogP contribution in [0.1, 0.15) is 58.8 Å². The Morgan fingerprint density at radius 3 is 2.36 bits per heavy atom. The Labute approximate surface area is 89.2 Å². The molecule has 1 atom stereocenters. The summed E-state index contributed by atoms with van der Waals surface area (Å²) in [6.45, 7) is 6.18. The Hall–Kier alpha value is -0.0800. The Bertz CT molecular complexity index is 106. The third-order valence-electron chi connectivity index (χ3n) is 2.53. The van der Waals surface area contributed by atoms with Gasteiger partial charge in [0, 0.05) is 19.3 Å². The van der Waals surface area contributed by atoms with Crippen molar-refractivity contribution in [2.75, 3.05) is 13.2 Å². The Kier molecular flexibility index (Phi) is 10.9. The van der Waals surface area contributed by atoms with Gasteiger partial charge < -0.3 is 10.5 Å². The zero-order valence-electron chi connectivity index (χ0n) is 9.93. The summed E-state index contributed by atoms with van der Waals surface area (Å²) in [7, 11) is 0. The van der Waals surface area contributed by atoms with E-state index < -0.39 is 0 Å². The number of unbranched alkanes of at least 4 members (excludes halogenated alkanes) is 3. The molecule has 0 aromatic rings.